The Hall–Kier alpha value is -1.85. The summed E-state index contributed by atoms with van der Waals surface area (Å²) < 4.78 is 41.7. The summed E-state index contributed by atoms with van der Waals surface area (Å²) in [5, 5.41) is 3.72. The van der Waals surface area contributed by atoms with Crippen LogP contribution in [-0.4, -0.2) is 10.9 Å². The smallest absolute Gasteiger partial charge is 0.356 e. The van der Waals surface area contributed by atoms with Crippen LogP contribution in [0.1, 0.15) is 23.0 Å². The van der Waals surface area contributed by atoms with Gasteiger partial charge >= 0.3 is 6.18 Å². The Morgan fingerprint density at radius 2 is 2.06 bits per heavy atom. The van der Waals surface area contributed by atoms with Crippen LogP contribution in [0.3, 0.4) is 0 Å². The number of fused-ring (bicyclic) bond motifs is 1. The van der Waals surface area contributed by atoms with Gasteiger partial charge in [0, 0.05) is 6.92 Å². The fraction of sp³-hybridized carbons (Fsp3) is 0.200. The van der Waals surface area contributed by atoms with Gasteiger partial charge in [-0.25, -0.2) is 0 Å². The largest absolute Gasteiger partial charge is 0.416 e. The summed E-state index contributed by atoms with van der Waals surface area (Å²) >= 11 is 0. The quantitative estimate of drug-likeness (QED) is 0.706. The average Bonchev–Trinajstić information content (AvgIpc) is 2.58. The van der Waals surface area contributed by atoms with Crippen LogP contribution in [-0.2, 0) is 6.18 Å². The molecule has 0 aliphatic carbocycles. The second-order valence-corrected chi connectivity index (χ2v) is 3.30. The monoisotopic (exact) mass is 229 g/mol. The van der Waals surface area contributed by atoms with Crippen molar-refractivity contribution in [3.05, 3.63) is 29.5 Å². The molecule has 3 nitrogen and oxygen atoms in total. The van der Waals surface area contributed by atoms with E-state index in [0.717, 1.165) is 12.1 Å². The molecule has 16 heavy (non-hydrogen) atoms. The number of carbonyl (C=O) groups excluding carboxylic acids is 1. The van der Waals surface area contributed by atoms with Gasteiger partial charge in [-0.2, -0.15) is 13.2 Å². The molecule has 84 valence electrons. The van der Waals surface area contributed by atoms with Crippen molar-refractivity contribution in [2.75, 3.05) is 0 Å². The Bertz CT molecular complexity index is 557. The van der Waals surface area contributed by atoms with Crippen LogP contribution in [0.15, 0.2) is 22.7 Å². The van der Waals surface area contributed by atoms with Crippen molar-refractivity contribution in [2.24, 2.45) is 0 Å². The first-order valence-electron chi connectivity index (χ1n) is 4.37. The molecule has 0 unspecified atom stereocenters. The van der Waals surface area contributed by atoms with Gasteiger partial charge < -0.3 is 4.52 Å². The van der Waals surface area contributed by atoms with E-state index in [-0.39, 0.29) is 17.1 Å². The number of halogens is 3. The lowest BCUT2D eigenvalue weighted by Gasteiger charge is -2.04. The fourth-order valence-electron chi connectivity index (χ4n) is 1.37. The highest BCUT2D eigenvalue weighted by Crippen LogP contribution is 2.32. The van der Waals surface area contributed by atoms with E-state index in [4.69, 9.17) is 0 Å². The summed E-state index contributed by atoms with van der Waals surface area (Å²) in [5.74, 6) is -0.349. The van der Waals surface area contributed by atoms with E-state index in [0.29, 0.717) is 5.39 Å². The zero-order valence-electron chi connectivity index (χ0n) is 8.13. The average molecular weight is 229 g/mol. The lowest BCUT2D eigenvalue weighted by molar-refractivity contribution is -0.137. The predicted molar refractivity (Wildman–Crippen MR) is 49.0 cm³/mol. The molecule has 2 aromatic rings. The number of carbonyl (C=O) groups is 1. The Morgan fingerprint density at radius 1 is 1.38 bits per heavy atom. The number of hydrogen-bond donors (Lipinski definition) is 0. The molecule has 6 heteroatoms. The molecule has 0 bridgehead atoms. The highest BCUT2D eigenvalue weighted by molar-refractivity contribution is 6.04. The first kappa shape index (κ1) is 10.7. The van der Waals surface area contributed by atoms with Gasteiger partial charge in [-0.05, 0) is 18.2 Å². The van der Waals surface area contributed by atoms with Crippen LogP contribution in [0.4, 0.5) is 13.2 Å². The molecule has 0 amide bonds. The van der Waals surface area contributed by atoms with Gasteiger partial charge in [-0.15, -0.1) is 0 Å². The minimum absolute atomic E-state index is 0.0416. The maximum absolute atomic E-state index is 12.4. The molecule has 1 aromatic carbocycles. The lowest BCUT2D eigenvalue weighted by atomic mass is 10.1. The maximum atomic E-state index is 12.4. The van der Waals surface area contributed by atoms with Crippen LogP contribution in [0.2, 0.25) is 0 Å². The molecule has 1 aromatic heterocycles. The maximum Gasteiger partial charge on any atom is 0.416 e. The van der Waals surface area contributed by atoms with E-state index in [1.54, 1.807) is 0 Å². The van der Waals surface area contributed by atoms with Gasteiger partial charge in [0.2, 0.25) is 0 Å². The van der Waals surface area contributed by atoms with Crippen LogP contribution < -0.4 is 0 Å². The van der Waals surface area contributed by atoms with Gasteiger partial charge in [-0.1, -0.05) is 5.16 Å². The molecule has 0 aliphatic heterocycles. The molecule has 0 fully saturated rings. The summed E-state index contributed by atoms with van der Waals surface area (Å²) in [4.78, 5) is 11.1. The minimum Gasteiger partial charge on any atom is -0.356 e. The van der Waals surface area contributed by atoms with Crippen LogP contribution in [0, 0.1) is 0 Å². The van der Waals surface area contributed by atoms with Crippen molar-refractivity contribution in [3.8, 4) is 0 Å². The summed E-state index contributed by atoms with van der Waals surface area (Å²) in [6.45, 7) is 1.27. The van der Waals surface area contributed by atoms with E-state index in [1.807, 2.05) is 0 Å². The molecule has 0 spiro atoms. The highest BCUT2D eigenvalue weighted by Gasteiger charge is 2.31. The predicted octanol–water partition coefficient (Wildman–Crippen LogP) is 3.05. The SMILES string of the molecule is CC(=O)c1noc2cc(C(F)(F)F)ccc12. The number of rotatable bonds is 1. The van der Waals surface area contributed by atoms with E-state index in [2.05, 4.69) is 9.68 Å². The third kappa shape index (κ3) is 1.66. The van der Waals surface area contributed by atoms with Crippen molar-refractivity contribution in [1.29, 1.82) is 0 Å². The van der Waals surface area contributed by atoms with E-state index >= 15 is 0 Å². The Morgan fingerprint density at radius 3 is 2.62 bits per heavy atom. The summed E-state index contributed by atoms with van der Waals surface area (Å²) in [6, 6.07) is 2.91. The number of hydrogen-bond acceptors (Lipinski definition) is 3. The second kappa shape index (κ2) is 3.33. The summed E-state index contributed by atoms with van der Waals surface area (Å²) in [7, 11) is 0. The lowest BCUT2D eigenvalue weighted by Crippen LogP contribution is -2.04. The minimum atomic E-state index is -4.43. The molecule has 2 rings (SSSR count). The van der Waals surface area contributed by atoms with Crippen molar-refractivity contribution in [2.45, 2.75) is 13.1 Å². The van der Waals surface area contributed by atoms with Gasteiger partial charge in [-0.3, -0.25) is 4.79 Å². The molecule has 1 heterocycles. The van der Waals surface area contributed by atoms with Crippen LogP contribution in [0.5, 0.6) is 0 Å². The van der Waals surface area contributed by atoms with Gasteiger partial charge in [0.05, 0.1) is 10.9 Å². The molecular formula is C10H6F3NO2. The molecule has 0 saturated heterocycles. The third-order valence-electron chi connectivity index (χ3n) is 2.13. The number of benzene rings is 1. The summed E-state index contributed by atoms with van der Waals surface area (Å²) in [6.07, 6.45) is -4.43. The van der Waals surface area contributed by atoms with E-state index in [1.165, 1.54) is 13.0 Å². The van der Waals surface area contributed by atoms with E-state index in [9.17, 15) is 18.0 Å². The van der Waals surface area contributed by atoms with Crippen molar-refractivity contribution in [3.63, 3.8) is 0 Å². The number of alkyl halides is 3. The van der Waals surface area contributed by atoms with Crippen molar-refractivity contribution >= 4 is 16.8 Å². The molecule has 0 N–H and O–H groups in total. The zero-order valence-corrected chi connectivity index (χ0v) is 8.13. The fourth-order valence-corrected chi connectivity index (χ4v) is 1.37. The normalized spacial score (nSPS) is 12.0. The zero-order chi connectivity index (χ0) is 11.9. The molecule has 0 saturated carbocycles. The third-order valence-corrected chi connectivity index (χ3v) is 2.13. The first-order chi connectivity index (χ1) is 7.39. The first-order valence-corrected chi connectivity index (χ1v) is 4.37. The van der Waals surface area contributed by atoms with Gasteiger partial charge in [0.1, 0.15) is 0 Å². The van der Waals surface area contributed by atoms with Crippen molar-refractivity contribution < 1.29 is 22.5 Å². The Labute approximate surface area is 87.8 Å². The number of aromatic nitrogens is 1. The van der Waals surface area contributed by atoms with Crippen molar-refractivity contribution in [1.82, 2.24) is 5.16 Å². The Balaban J connectivity index is 2.62. The Kier molecular flexibility index (Phi) is 2.22. The number of Topliss-reactive ketones (excluding diaryl/α,β-unsaturated/α-hetero) is 1. The molecule has 0 atom stereocenters. The van der Waals surface area contributed by atoms with Gasteiger partial charge in [0.25, 0.3) is 0 Å². The summed E-state index contributed by atoms with van der Waals surface area (Å²) in [5.41, 5.74) is -0.824. The molecular weight excluding hydrogens is 223 g/mol. The standard InChI is InChI=1S/C10H6F3NO2/c1-5(15)9-7-3-2-6(10(11,12)13)4-8(7)16-14-9/h2-4H,1H3. The molecule has 0 aliphatic rings. The van der Waals surface area contributed by atoms with E-state index < -0.39 is 11.7 Å². The second-order valence-electron chi connectivity index (χ2n) is 3.30. The number of ketones is 1. The van der Waals surface area contributed by atoms with Crippen LogP contribution >= 0.6 is 0 Å². The number of nitrogens with zero attached hydrogens (tertiary/aromatic N) is 1. The molecule has 0 radical (unpaired) electrons. The van der Waals surface area contributed by atoms with Crippen LogP contribution in [0.25, 0.3) is 11.0 Å². The highest BCUT2D eigenvalue weighted by atomic mass is 19.4. The van der Waals surface area contributed by atoms with Gasteiger partial charge in [0.15, 0.2) is 17.1 Å². The topological polar surface area (TPSA) is 43.1 Å².